The van der Waals surface area contributed by atoms with Gasteiger partial charge in [0.15, 0.2) is 0 Å². The van der Waals surface area contributed by atoms with Crippen LogP contribution in [0.3, 0.4) is 0 Å². The van der Waals surface area contributed by atoms with Gasteiger partial charge in [0, 0.05) is 31.6 Å². The Morgan fingerprint density at radius 3 is 2.65 bits per heavy atom. The summed E-state index contributed by atoms with van der Waals surface area (Å²) < 4.78 is 14.9. The lowest BCUT2D eigenvalue weighted by Gasteiger charge is -2.21. The van der Waals surface area contributed by atoms with Gasteiger partial charge >= 0.3 is 0 Å². The quantitative estimate of drug-likeness (QED) is 0.795. The third-order valence-electron chi connectivity index (χ3n) is 4.14. The molecule has 120 valence electrons. The summed E-state index contributed by atoms with van der Waals surface area (Å²) in [5.74, 6) is 0.581. The van der Waals surface area contributed by atoms with Crippen LogP contribution in [-0.2, 0) is 18.4 Å². The van der Waals surface area contributed by atoms with E-state index in [1.54, 1.807) is 24.4 Å². The SMILES string of the molecule is CC(=CC(=O)N(Cc1nccn1C)C1CC1)c1ccc(F)cc1. The average molecular weight is 313 g/mol. The van der Waals surface area contributed by atoms with E-state index in [9.17, 15) is 9.18 Å². The minimum absolute atomic E-state index is 0.0164. The number of halogens is 1. The van der Waals surface area contributed by atoms with Crippen LogP contribution in [0.5, 0.6) is 0 Å². The van der Waals surface area contributed by atoms with Crippen molar-refractivity contribution in [3.63, 3.8) is 0 Å². The Morgan fingerprint density at radius 2 is 2.09 bits per heavy atom. The molecule has 1 aliphatic rings. The first-order chi connectivity index (χ1) is 11.0. The second kappa shape index (κ2) is 6.36. The molecule has 1 amide bonds. The normalized spacial score (nSPS) is 14.8. The second-order valence-electron chi connectivity index (χ2n) is 5.99. The first-order valence-corrected chi connectivity index (χ1v) is 7.75. The van der Waals surface area contributed by atoms with Crippen LogP contribution in [-0.4, -0.2) is 26.4 Å². The van der Waals surface area contributed by atoms with Gasteiger partial charge in [-0.05, 0) is 43.0 Å². The summed E-state index contributed by atoms with van der Waals surface area (Å²) in [7, 11) is 1.93. The molecule has 3 rings (SSSR count). The molecule has 23 heavy (non-hydrogen) atoms. The highest BCUT2D eigenvalue weighted by atomic mass is 19.1. The van der Waals surface area contributed by atoms with Crippen LogP contribution < -0.4 is 0 Å². The molecule has 2 aromatic rings. The number of rotatable bonds is 5. The molecule has 1 saturated carbocycles. The summed E-state index contributed by atoms with van der Waals surface area (Å²) in [6.07, 6.45) is 7.34. The standard InChI is InChI=1S/C18H20FN3O/c1-13(14-3-5-15(19)6-4-14)11-18(23)22(16-7-8-16)12-17-20-9-10-21(17)2/h3-6,9-11,16H,7-8,12H2,1-2H3. The van der Waals surface area contributed by atoms with Gasteiger partial charge in [-0.15, -0.1) is 0 Å². The molecule has 0 atom stereocenters. The fourth-order valence-electron chi connectivity index (χ4n) is 2.54. The summed E-state index contributed by atoms with van der Waals surface area (Å²) in [5, 5.41) is 0. The average Bonchev–Trinajstić information content (AvgIpc) is 3.28. The Bertz CT molecular complexity index is 729. The number of imidazole rings is 1. The van der Waals surface area contributed by atoms with Crippen LogP contribution >= 0.6 is 0 Å². The molecule has 1 fully saturated rings. The number of aryl methyl sites for hydroxylation is 1. The van der Waals surface area contributed by atoms with Gasteiger partial charge in [0.25, 0.3) is 0 Å². The molecule has 0 spiro atoms. The Labute approximate surface area is 135 Å². The predicted molar refractivity (Wildman–Crippen MR) is 86.8 cm³/mol. The van der Waals surface area contributed by atoms with Crippen molar-refractivity contribution in [2.75, 3.05) is 0 Å². The van der Waals surface area contributed by atoms with Crippen molar-refractivity contribution in [3.8, 4) is 0 Å². The number of carbonyl (C=O) groups is 1. The number of amides is 1. The van der Waals surface area contributed by atoms with Crippen molar-refractivity contribution in [3.05, 3.63) is 59.9 Å². The number of hydrogen-bond donors (Lipinski definition) is 0. The largest absolute Gasteiger partial charge is 0.337 e. The van der Waals surface area contributed by atoms with Crippen molar-refractivity contribution in [1.29, 1.82) is 0 Å². The molecule has 1 aliphatic carbocycles. The van der Waals surface area contributed by atoms with Crippen LogP contribution in [0.4, 0.5) is 4.39 Å². The topological polar surface area (TPSA) is 38.1 Å². The first-order valence-electron chi connectivity index (χ1n) is 7.75. The second-order valence-corrected chi connectivity index (χ2v) is 5.99. The fraction of sp³-hybridized carbons (Fsp3) is 0.333. The summed E-state index contributed by atoms with van der Waals surface area (Å²) in [5.41, 5.74) is 1.69. The third-order valence-corrected chi connectivity index (χ3v) is 4.14. The van der Waals surface area contributed by atoms with Crippen molar-refractivity contribution in [1.82, 2.24) is 14.5 Å². The van der Waals surface area contributed by atoms with Crippen molar-refractivity contribution >= 4 is 11.5 Å². The molecule has 1 aromatic carbocycles. The van der Waals surface area contributed by atoms with E-state index < -0.39 is 0 Å². The highest BCUT2D eigenvalue weighted by Crippen LogP contribution is 2.29. The molecular weight excluding hydrogens is 293 g/mol. The molecule has 0 unspecified atom stereocenters. The maximum atomic E-state index is 13.0. The maximum absolute atomic E-state index is 13.0. The molecular formula is C18H20FN3O. The minimum atomic E-state index is -0.276. The predicted octanol–water partition coefficient (Wildman–Crippen LogP) is 3.15. The smallest absolute Gasteiger partial charge is 0.247 e. The number of hydrogen-bond acceptors (Lipinski definition) is 2. The lowest BCUT2D eigenvalue weighted by atomic mass is 10.1. The monoisotopic (exact) mass is 313 g/mol. The van der Waals surface area contributed by atoms with Crippen LogP contribution in [0, 0.1) is 5.82 Å². The van der Waals surface area contributed by atoms with E-state index in [1.807, 2.05) is 29.6 Å². The van der Waals surface area contributed by atoms with Crippen molar-refractivity contribution in [2.45, 2.75) is 32.4 Å². The number of allylic oxidation sites excluding steroid dienone is 1. The number of nitrogens with zero attached hydrogens (tertiary/aromatic N) is 3. The highest BCUT2D eigenvalue weighted by molar-refractivity contribution is 5.95. The molecule has 0 bridgehead atoms. The zero-order chi connectivity index (χ0) is 16.4. The zero-order valence-corrected chi connectivity index (χ0v) is 13.4. The molecule has 0 aliphatic heterocycles. The van der Waals surface area contributed by atoms with Gasteiger partial charge in [-0.25, -0.2) is 9.37 Å². The van der Waals surface area contributed by atoms with E-state index in [-0.39, 0.29) is 11.7 Å². The van der Waals surface area contributed by atoms with Gasteiger partial charge < -0.3 is 9.47 Å². The Kier molecular flexibility index (Phi) is 4.28. The molecule has 0 radical (unpaired) electrons. The Hall–Kier alpha value is -2.43. The number of carbonyl (C=O) groups excluding carboxylic acids is 1. The Balaban J connectivity index is 1.77. The molecule has 1 aromatic heterocycles. The zero-order valence-electron chi connectivity index (χ0n) is 13.4. The van der Waals surface area contributed by atoms with E-state index in [1.165, 1.54) is 12.1 Å². The lowest BCUT2D eigenvalue weighted by molar-refractivity contribution is -0.127. The number of aromatic nitrogens is 2. The van der Waals surface area contributed by atoms with Crippen LogP contribution in [0.1, 0.15) is 31.2 Å². The van der Waals surface area contributed by atoms with Gasteiger partial charge in [-0.2, -0.15) is 0 Å². The Morgan fingerprint density at radius 1 is 1.39 bits per heavy atom. The number of benzene rings is 1. The highest BCUT2D eigenvalue weighted by Gasteiger charge is 2.32. The summed E-state index contributed by atoms with van der Waals surface area (Å²) in [6.45, 7) is 2.39. The molecule has 1 heterocycles. The van der Waals surface area contributed by atoms with Crippen molar-refractivity contribution in [2.24, 2.45) is 7.05 Å². The van der Waals surface area contributed by atoms with E-state index in [0.29, 0.717) is 12.6 Å². The van der Waals surface area contributed by atoms with E-state index in [0.717, 1.165) is 29.8 Å². The van der Waals surface area contributed by atoms with Crippen LogP contribution in [0.25, 0.3) is 5.57 Å². The molecule has 4 nitrogen and oxygen atoms in total. The fourth-order valence-corrected chi connectivity index (χ4v) is 2.54. The maximum Gasteiger partial charge on any atom is 0.247 e. The lowest BCUT2D eigenvalue weighted by Crippen LogP contribution is -2.32. The molecule has 0 N–H and O–H groups in total. The summed E-state index contributed by atoms with van der Waals surface area (Å²) in [4.78, 5) is 18.8. The summed E-state index contributed by atoms with van der Waals surface area (Å²) in [6, 6.07) is 6.49. The van der Waals surface area contributed by atoms with E-state index in [2.05, 4.69) is 4.98 Å². The van der Waals surface area contributed by atoms with Gasteiger partial charge in [0.05, 0.1) is 6.54 Å². The van der Waals surface area contributed by atoms with Gasteiger partial charge in [0.1, 0.15) is 11.6 Å². The van der Waals surface area contributed by atoms with Gasteiger partial charge in [0.2, 0.25) is 5.91 Å². The van der Waals surface area contributed by atoms with Crippen LogP contribution in [0.2, 0.25) is 0 Å². The summed E-state index contributed by atoms with van der Waals surface area (Å²) >= 11 is 0. The molecule has 0 saturated heterocycles. The minimum Gasteiger partial charge on any atom is -0.337 e. The van der Waals surface area contributed by atoms with Gasteiger partial charge in [-0.3, -0.25) is 4.79 Å². The van der Waals surface area contributed by atoms with E-state index in [4.69, 9.17) is 0 Å². The van der Waals surface area contributed by atoms with Crippen LogP contribution in [0.15, 0.2) is 42.7 Å². The van der Waals surface area contributed by atoms with Crippen molar-refractivity contribution < 1.29 is 9.18 Å². The van der Waals surface area contributed by atoms with Gasteiger partial charge in [-0.1, -0.05) is 12.1 Å². The third kappa shape index (κ3) is 3.67. The first kappa shape index (κ1) is 15.5. The van der Waals surface area contributed by atoms with E-state index >= 15 is 0 Å². The molecule has 5 heteroatoms.